The molecule has 0 atom stereocenters. The van der Waals surface area contributed by atoms with Crippen molar-refractivity contribution in [2.45, 2.75) is 3.92 Å². The van der Waals surface area contributed by atoms with Crippen molar-refractivity contribution in [2.24, 2.45) is 5.14 Å². The quantitative estimate of drug-likeness (QED) is 0.435. The number of para-hydroxylation sites is 2. The second-order valence-corrected chi connectivity index (χ2v) is 9.08. The van der Waals surface area contributed by atoms with Crippen LogP contribution in [0.2, 0.25) is 0 Å². The van der Waals surface area contributed by atoms with Crippen molar-refractivity contribution >= 4 is 67.7 Å². The zero-order valence-electron chi connectivity index (χ0n) is 11.6. The third kappa shape index (κ3) is 6.51. The summed E-state index contributed by atoms with van der Waals surface area (Å²) in [6.07, 6.45) is 0. The predicted molar refractivity (Wildman–Crippen MR) is 96.6 cm³/mol. The average molecular weight is 430 g/mol. The Hall–Kier alpha value is -0.950. The molecule has 0 spiro atoms. The van der Waals surface area contributed by atoms with Crippen LogP contribution in [0, 0.1) is 0 Å². The van der Waals surface area contributed by atoms with Gasteiger partial charge in [0.15, 0.2) is 5.82 Å². The standard InChI is InChI=1S/C10H7N3S.CH3Cl2FN2O2S2/c1-2-4-8-7(3-1)12-10(13-8)9-5-14-6-11-9;2-1(3,4)9-6-10(5,7)8/h1-6H,(H,12,13);6H,(H2,5,7,8). The number of thiazole rings is 1. The van der Waals surface area contributed by atoms with E-state index in [1.165, 1.54) is 4.13 Å². The molecule has 1 aromatic carbocycles. The summed E-state index contributed by atoms with van der Waals surface area (Å²) >= 11 is 11.0. The molecule has 130 valence electrons. The first-order valence-electron chi connectivity index (χ1n) is 6.01. The number of H-pyrrole nitrogens is 1. The second kappa shape index (κ2) is 7.95. The SMILES string of the molecule is NS(=O)(=O)NSC(F)(Cl)Cl.c1ccc2[nH]c(-c3cscn3)nc2c1. The number of alkyl halides is 3. The number of fused-ring (bicyclic) bond motifs is 1. The van der Waals surface area contributed by atoms with E-state index >= 15 is 0 Å². The third-order valence-corrected chi connectivity index (χ3v) is 4.88. The van der Waals surface area contributed by atoms with Gasteiger partial charge in [0.2, 0.25) is 0 Å². The normalized spacial score (nSPS) is 12.0. The molecule has 7 nitrogen and oxygen atoms in total. The van der Waals surface area contributed by atoms with Crippen LogP contribution in [-0.2, 0) is 10.2 Å². The van der Waals surface area contributed by atoms with Gasteiger partial charge in [0.1, 0.15) is 5.69 Å². The van der Waals surface area contributed by atoms with Crippen molar-refractivity contribution in [1.82, 2.24) is 19.1 Å². The highest BCUT2D eigenvalue weighted by Crippen LogP contribution is 2.33. The van der Waals surface area contributed by atoms with Crippen LogP contribution in [0.1, 0.15) is 0 Å². The Morgan fingerprint density at radius 2 is 2.08 bits per heavy atom. The van der Waals surface area contributed by atoms with Crippen LogP contribution in [0.4, 0.5) is 4.39 Å². The van der Waals surface area contributed by atoms with Crippen LogP contribution in [0.15, 0.2) is 35.2 Å². The summed E-state index contributed by atoms with van der Waals surface area (Å²) in [6, 6.07) is 7.97. The summed E-state index contributed by atoms with van der Waals surface area (Å²) in [5.41, 5.74) is 4.75. The van der Waals surface area contributed by atoms with Crippen molar-refractivity contribution in [3.63, 3.8) is 0 Å². The summed E-state index contributed by atoms with van der Waals surface area (Å²) < 4.78 is 30.9. The highest BCUT2D eigenvalue weighted by atomic mass is 35.5. The fourth-order valence-electron chi connectivity index (χ4n) is 1.51. The van der Waals surface area contributed by atoms with E-state index in [1.807, 2.05) is 35.2 Å². The Morgan fingerprint density at radius 1 is 1.38 bits per heavy atom. The largest absolute Gasteiger partial charge is 0.337 e. The second-order valence-electron chi connectivity index (χ2n) is 4.15. The number of hydrogen-bond acceptors (Lipinski definition) is 6. The number of halogens is 3. The van der Waals surface area contributed by atoms with Crippen LogP contribution in [0.3, 0.4) is 0 Å². The van der Waals surface area contributed by atoms with E-state index in [9.17, 15) is 12.8 Å². The van der Waals surface area contributed by atoms with Crippen molar-refractivity contribution in [1.29, 1.82) is 0 Å². The topological polar surface area (TPSA) is 114 Å². The predicted octanol–water partition coefficient (Wildman–Crippen LogP) is 3.17. The zero-order chi connectivity index (χ0) is 17.8. The number of aromatic nitrogens is 3. The smallest absolute Gasteiger partial charge is 0.319 e. The van der Waals surface area contributed by atoms with Gasteiger partial charge in [-0.1, -0.05) is 35.3 Å². The Labute approximate surface area is 155 Å². The number of nitrogens with one attached hydrogen (secondary N) is 2. The van der Waals surface area contributed by atoms with E-state index in [2.05, 4.69) is 20.1 Å². The minimum absolute atomic E-state index is 0.0583. The molecule has 3 aromatic rings. The lowest BCUT2D eigenvalue weighted by atomic mass is 10.3. The van der Waals surface area contributed by atoms with Gasteiger partial charge < -0.3 is 4.98 Å². The van der Waals surface area contributed by atoms with E-state index < -0.39 is 14.1 Å². The van der Waals surface area contributed by atoms with E-state index in [0.29, 0.717) is 0 Å². The fourth-order valence-corrected chi connectivity index (χ4v) is 3.46. The van der Waals surface area contributed by atoms with Crippen LogP contribution < -0.4 is 9.27 Å². The van der Waals surface area contributed by atoms with E-state index in [-0.39, 0.29) is 11.9 Å². The molecule has 0 aliphatic heterocycles. The molecule has 2 heterocycles. The molecular formula is C11H10Cl2FN5O2S3. The molecule has 0 bridgehead atoms. The number of aromatic amines is 1. The van der Waals surface area contributed by atoms with Gasteiger partial charge in [-0.05, 0) is 12.1 Å². The zero-order valence-corrected chi connectivity index (χ0v) is 15.6. The van der Waals surface area contributed by atoms with Crippen LogP contribution in [-0.4, -0.2) is 27.3 Å². The molecule has 0 amide bonds. The molecule has 0 saturated heterocycles. The van der Waals surface area contributed by atoms with Gasteiger partial charge in [0.25, 0.3) is 10.2 Å². The highest BCUT2D eigenvalue weighted by Gasteiger charge is 2.24. The van der Waals surface area contributed by atoms with Crippen molar-refractivity contribution < 1.29 is 12.8 Å². The lowest BCUT2D eigenvalue weighted by Gasteiger charge is -2.06. The molecule has 24 heavy (non-hydrogen) atoms. The molecule has 4 N–H and O–H groups in total. The Morgan fingerprint density at radius 3 is 2.58 bits per heavy atom. The summed E-state index contributed by atoms with van der Waals surface area (Å²) in [6.45, 7) is 0. The van der Waals surface area contributed by atoms with Gasteiger partial charge in [-0.15, -0.1) is 15.5 Å². The van der Waals surface area contributed by atoms with Gasteiger partial charge >= 0.3 is 3.92 Å². The van der Waals surface area contributed by atoms with E-state index in [1.54, 1.807) is 11.3 Å². The van der Waals surface area contributed by atoms with Gasteiger partial charge in [0, 0.05) is 17.3 Å². The Bertz CT molecular complexity index is 863. The summed E-state index contributed by atoms with van der Waals surface area (Å²) in [5.74, 6) is 0.840. The molecule has 0 aliphatic rings. The van der Waals surface area contributed by atoms with Gasteiger partial charge in [-0.3, -0.25) is 0 Å². The molecule has 3 rings (SSSR count). The molecule has 13 heteroatoms. The highest BCUT2D eigenvalue weighted by molar-refractivity contribution is 8.10. The molecular weight excluding hydrogens is 420 g/mol. The monoisotopic (exact) mass is 429 g/mol. The Kier molecular flexibility index (Phi) is 6.42. The fraction of sp³-hybridized carbons (Fsp3) is 0.0909. The number of benzene rings is 1. The number of imidazole rings is 1. The minimum Gasteiger partial charge on any atom is -0.337 e. The summed E-state index contributed by atoms with van der Waals surface area (Å²) in [7, 11) is -3.95. The number of rotatable bonds is 4. The summed E-state index contributed by atoms with van der Waals surface area (Å²) in [5, 5.41) is 6.38. The molecule has 0 fully saturated rings. The third-order valence-electron chi connectivity index (χ3n) is 2.34. The first-order chi connectivity index (χ1) is 11.1. The maximum atomic E-state index is 12.0. The Balaban J connectivity index is 0.000000187. The van der Waals surface area contributed by atoms with Crippen LogP contribution in [0.5, 0.6) is 0 Å². The lowest BCUT2D eigenvalue weighted by molar-refractivity contribution is 0.514. The van der Waals surface area contributed by atoms with Crippen LogP contribution in [0.25, 0.3) is 22.6 Å². The molecule has 0 unspecified atom stereocenters. The maximum absolute atomic E-state index is 12.0. The molecule has 0 aliphatic carbocycles. The lowest BCUT2D eigenvalue weighted by Crippen LogP contribution is -2.27. The first-order valence-corrected chi connectivity index (χ1v) is 10.1. The van der Waals surface area contributed by atoms with Crippen molar-refractivity contribution in [2.75, 3.05) is 0 Å². The van der Waals surface area contributed by atoms with Gasteiger partial charge in [0.05, 0.1) is 16.5 Å². The summed E-state index contributed by atoms with van der Waals surface area (Å²) in [4.78, 5) is 11.9. The number of nitrogens with two attached hydrogens (primary N) is 1. The molecule has 0 saturated carbocycles. The number of hydrogen-bond donors (Lipinski definition) is 3. The number of nitrogens with zero attached hydrogens (tertiary/aromatic N) is 2. The maximum Gasteiger partial charge on any atom is 0.319 e. The van der Waals surface area contributed by atoms with Gasteiger partial charge in [-0.2, -0.15) is 12.8 Å². The van der Waals surface area contributed by atoms with E-state index in [4.69, 9.17) is 23.2 Å². The van der Waals surface area contributed by atoms with Crippen molar-refractivity contribution in [3.05, 3.63) is 35.2 Å². The van der Waals surface area contributed by atoms with E-state index in [0.717, 1.165) is 22.6 Å². The average Bonchev–Trinajstić information content (AvgIpc) is 3.13. The minimum atomic E-state index is -3.95. The molecule has 0 radical (unpaired) electrons. The van der Waals surface area contributed by atoms with Crippen LogP contribution >= 0.6 is 46.5 Å². The molecule has 2 aromatic heterocycles. The van der Waals surface area contributed by atoms with Gasteiger partial charge in [-0.25, -0.2) is 15.1 Å². The first kappa shape index (κ1) is 19.4. The van der Waals surface area contributed by atoms with Crippen molar-refractivity contribution in [3.8, 4) is 11.5 Å².